The Balaban J connectivity index is 2.64. The molecular weight excluding hydrogens is 298 g/mol. The molecule has 0 saturated carbocycles. The van der Waals surface area contributed by atoms with Crippen molar-refractivity contribution in [3.05, 3.63) is 36.4 Å². The van der Waals surface area contributed by atoms with E-state index < -0.39 is 0 Å². The summed E-state index contributed by atoms with van der Waals surface area (Å²) in [5, 5.41) is 7.43. The van der Waals surface area contributed by atoms with Gasteiger partial charge in [-0.15, -0.1) is 6.58 Å². The second-order valence-corrected chi connectivity index (χ2v) is 5.39. The van der Waals surface area contributed by atoms with Crippen LogP contribution in [0.25, 0.3) is 0 Å². The first-order chi connectivity index (χ1) is 10.6. The Kier molecular flexibility index (Phi) is 7.99. The van der Waals surface area contributed by atoms with E-state index in [0.29, 0.717) is 29.9 Å². The summed E-state index contributed by atoms with van der Waals surface area (Å²) >= 11 is 5.03. The number of benzene rings is 1. The lowest BCUT2D eigenvalue weighted by atomic mass is 10.2. The van der Waals surface area contributed by atoms with Gasteiger partial charge >= 0.3 is 0 Å². The Morgan fingerprint density at radius 1 is 1.41 bits per heavy atom. The molecule has 1 aromatic carbocycles. The fourth-order valence-electron chi connectivity index (χ4n) is 1.51. The van der Waals surface area contributed by atoms with Crippen molar-refractivity contribution in [1.82, 2.24) is 10.7 Å². The van der Waals surface area contributed by atoms with Crippen molar-refractivity contribution < 1.29 is 9.47 Å². The summed E-state index contributed by atoms with van der Waals surface area (Å²) in [6.45, 7) is 9.04. The Labute approximate surface area is 137 Å². The van der Waals surface area contributed by atoms with Gasteiger partial charge in [0.2, 0.25) is 0 Å². The molecule has 1 aromatic rings. The summed E-state index contributed by atoms with van der Waals surface area (Å²) in [6, 6.07) is 5.64. The minimum absolute atomic E-state index is 0.444. The van der Waals surface area contributed by atoms with E-state index in [-0.39, 0.29) is 0 Å². The molecule has 0 saturated heterocycles. The van der Waals surface area contributed by atoms with E-state index >= 15 is 0 Å². The molecule has 0 fully saturated rings. The summed E-state index contributed by atoms with van der Waals surface area (Å²) in [6.07, 6.45) is 3.38. The number of nitrogens with zero attached hydrogens (tertiary/aromatic N) is 1. The molecule has 0 aliphatic rings. The van der Waals surface area contributed by atoms with Gasteiger partial charge in [-0.1, -0.05) is 19.9 Å². The first-order valence-electron chi connectivity index (χ1n) is 7.05. The van der Waals surface area contributed by atoms with Gasteiger partial charge in [-0.05, 0) is 41.9 Å². The smallest absolute Gasteiger partial charge is 0.187 e. The SMILES string of the molecule is C=CCNC(=S)N/N=C/c1ccc(OCC(C)C)c(OC)c1. The number of methoxy groups -OCH3 is 1. The maximum atomic E-state index is 5.71. The van der Waals surface area contributed by atoms with E-state index in [9.17, 15) is 0 Å². The topological polar surface area (TPSA) is 54.9 Å². The van der Waals surface area contributed by atoms with Crippen LogP contribution in [0.3, 0.4) is 0 Å². The van der Waals surface area contributed by atoms with E-state index in [0.717, 1.165) is 11.3 Å². The van der Waals surface area contributed by atoms with Crippen LogP contribution in [0.5, 0.6) is 11.5 Å². The van der Waals surface area contributed by atoms with Gasteiger partial charge in [0.25, 0.3) is 0 Å². The molecule has 1 rings (SSSR count). The zero-order valence-electron chi connectivity index (χ0n) is 13.3. The second kappa shape index (κ2) is 9.78. The van der Waals surface area contributed by atoms with Crippen molar-refractivity contribution in [2.45, 2.75) is 13.8 Å². The number of hydrazone groups is 1. The molecule has 22 heavy (non-hydrogen) atoms. The highest BCUT2D eigenvalue weighted by atomic mass is 32.1. The number of thiocarbonyl (C=S) groups is 1. The lowest BCUT2D eigenvalue weighted by Gasteiger charge is -2.12. The quantitative estimate of drug-likeness (QED) is 0.334. The van der Waals surface area contributed by atoms with Crippen LogP contribution < -0.4 is 20.2 Å². The molecule has 0 amide bonds. The van der Waals surface area contributed by atoms with E-state index in [1.165, 1.54) is 0 Å². The summed E-state index contributed by atoms with van der Waals surface area (Å²) in [4.78, 5) is 0. The van der Waals surface area contributed by atoms with Gasteiger partial charge in [0, 0.05) is 6.54 Å². The standard InChI is InChI=1S/C16H23N3O2S/c1-5-8-17-16(22)19-18-10-13-6-7-14(15(9-13)20-4)21-11-12(2)3/h5-7,9-10,12H,1,8,11H2,2-4H3,(H2,17,19,22)/b18-10+. The predicted molar refractivity (Wildman–Crippen MR) is 94.9 cm³/mol. The third-order valence-electron chi connectivity index (χ3n) is 2.55. The maximum absolute atomic E-state index is 5.71. The normalized spacial score (nSPS) is 10.5. The molecule has 5 nitrogen and oxygen atoms in total. The fourth-order valence-corrected chi connectivity index (χ4v) is 1.65. The lowest BCUT2D eigenvalue weighted by Crippen LogP contribution is -2.31. The summed E-state index contributed by atoms with van der Waals surface area (Å²) in [7, 11) is 1.62. The van der Waals surface area contributed by atoms with E-state index in [4.69, 9.17) is 21.7 Å². The van der Waals surface area contributed by atoms with Gasteiger partial charge in [0.15, 0.2) is 16.6 Å². The van der Waals surface area contributed by atoms with Gasteiger partial charge in [-0.2, -0.15) is 5.10 Å². The molecule has 0 aromatic heterocycles. The summed E-state index contributed by atoms with van der Waals surface area (Å²) in [5.74, 6) is 1.86. The van der Waals surface area contributed by atoms with Crippen LogP contribution in [0.2, 0.25) is 0 Å². The minimum atomic E-state index is 0.444. The summed E-state index contributed by atoms with van der Waals surface area (Å²) in [5.41, 5.74) is 3.61. The van der Waals surface area contributed by atoms with Crippen LogP contribution in [-0.4, -0.2) is 31.6 Å². The van der Waals surface area contributed by atoms with Crippen LogP contribution in [0.1, 0.15) is 19.4 Å². The van der Waals surface area contributed by atoms with Gasteiger partial charge in [-0.3, -0.25) is 5.43 Å². The molecule has 0 bridgehead atoms. The van der Waals surface area contributed by atoms with Crippen LogP contribution in [-0.2, 0) is 0 Å². The molecule has 0 aliphatic carbocycles. The second-order valence-electron chi connectivity index (χ2n) is 4.98. The lowest BCUT2D eigenvalue weighted by molar-refractivity contribution is 0.257. The predicted octanol–water partition coefficient (Wildman–Crippen LogP) is 2.71. The number of nitrogens with one attached hydrogen (secondary N) is 2. The highest BCUT2D eigenvalue weighted by Gasteiger charge is 2.06. The Morgan fingerprint density at radius 2 is 2.18 bits per heavy atom. The van der Waals surface area contributed by atoms with Crippen LogP contribution >= 0.6 is 12.2 Å². The molecular formula is C16H23N3O2S. The first-order valence-corrected chi connectivity index (χ1v) is 7.46. The highest BCUT2D eigenvalue weighted by Crippen LogP contribution is 2.27. The Morgan fingerprint density at radius 3 is 2.82 bits per heavy atom. The molecule has 0 spiro atoms. The average molecular weight is 321 g/mol. The zero-order valence-corrected chi connectivity index (χ0v) is 14.1. The summed E-state index contributed by atoms with van der Waals surface area (Å²) < 4.78 is 11.0. The van der Waals surface area contributed by atoms with Gasteiger partial charge in [-0.25, -0.2) is 0 Å². The average Bonchev–Trinajstić information content (AvgIpc) is 2.51. The number of rotatable bonds is 8. The van der Waals surface area contributed by atoms with Crippen molar-refractivity contribution in [3.8, 4) is 11.5 Å². The number of ether oxygens (including phenoxy) is 2. The van der Waals surface area contributed by atoms with Crippen molar-refractivity contribution in [1.29, 1.82) is 0 Å². The molecule has 0 radical (unpaired) electrons. The molecule has 2 N–H and O–H groups in total. The molecule has 0 unspecified atom stereocenters. The van der Waals surface area contributed by atoms with Gasteiger partial charge < -0.3 is 14.8 Å². The fraction of sp³-hybridized carbons (Fsp3) is 0.375. The van der Waals surface area contributed by atoms with E-state index in [2.05, 4.69) is 36.3 Å². The van der Waals surface area contributed by atoms with Crippen molar-refractivity contribution >= 4 is 23.5 Å². The van der Waals surface area contributed by atoms with Crippen LogP contribution in [0.4, 0.5) is 0 Å². The minimum Gasteiger partial charge on any atom is -0.493 e. The largest absolute Gasteiger partial charge is 0.493 e. The van der Waals surface area contributed by atoms with Crippen molar-refractivity contribution in [3.63, 3.8) is 0 Å². The van der Waals surface area contributed by atoms with Gasteiger partial charge in [0.1, 0.15) is 0 Å². The van der Waals surface area contributed by atoms with Crippen LogP contribution in [0.15, 0.2) is 36.0 Å². The number of hydrogen-bond acceptors (Lipinski definition) is 4. The zero-order chi connectivity index (χ0) is 16.4. The third-order valence-corrected chi connectivity index (χ3v) is 2.78. The Hall–Kier alpha value is -2.08. The monoisotopic (exact) mass is 321 g/mol. The molecule has 0 heterocycles. The highest BCUT2D eigenvalue weighted by molar-refractivity contribution is 7.80. The van der Waals surface area contributed by atoms with E-state index in [1.54, 1.807) is 19.4 Å². The Bertz CT molecular complexity index is 530. The van der Waals surface area contributed by atoms with Crippen molar-refractivity contribution in [2.24, 2.45) is 11.0 Å². The molecule has 0 aliphatic heterocycles. The van der Waals surface area contributed by atoms with E-state index in [1.807, 2.05) is 18.2 Å². The number of hydrogen-bond donors (Lipinski definition) is 2. The molecule has 6 heteroatoms. The van der Waals surface area contributed by atoms with Crippen LogP contribution in [0, 0.1) is 5.92 Å². The molecule has 120 valence electrons. The molecule has 0 atom stereocenters. The third kappa shape index (κ3) is 6.58. The van der Waals surface area contributed by atoms with Crippen molar-refractivity contribution in [2.75, 3.05) is 20.3 Å². The van der Waals surface area contributed by atoms with Gasteiger partial charge in [0.05, 0.1) is 19.9 Å². The first kappa shape index (κ1) is 18.0. The maximum Gasteiger partial charge on any atom is 0.187 e.